The van der Waals surface area contributed by atoms with Crippen molar-refractivity contribution in [2.45, 2.75) is 31.1 Å². The highest BCUT2D eigenvalue weighted by molar-refractivity contribution is 6.30. The van der Waals surface area contributed by atoms with Gasteiger partial charge in [0.05, 0.1) is 7.11 Å². The molecule has 0 heterocycles. The van der Waals surface area contributed by atoms with Gasteiger partial charge in [-0.1, -0.05) is 6.08 Å². The smallest absolute Gasteiger partial charge is 0.324 e. The highest BCUT2D eigenvalue weighted by atomic mass is 35.5. The number of esters is 1. The first kappa shape index (κ1) is 11.2. The Morgan fingerprint density at radius 2 is 2.43 bits per heavy atom. The molecule has 0 aromatic rings. The van der Waals surface area contributed by atoms with E-state index in [1.165, 1.54) is 7.11 Å². The van der Waals surface area contributed by atoms with Gasteiger partial charge in [-0.25, -0.2) is 0 Å². The quantitative estimate of drug-likeness (QED) is 0.534. The van der Waals surface area contributed by atoms with Crippen molar-refractivity contribution >= 4 is 23.4 Å². The second kappa shape index (κ2) is 5.15. The number of Topliss-reactive ketones (excluding diaryl/α,β-unsaturated/α-hetero) is 1. The van der Waals surface area contributed by atoms with E-state index in [1.54, 1.807) is 0 Å². The van der Waals surface area contributed by atoms with Crippen molar-refractivity contribution in [1.29, 1.82) is 0 Å². The van der Waals surface area contributed by atoms with Crippen molar-refractivity contribution in [2.24, 2.45) is 0 Å². The molecule has 1 aliphatic rings. The monoisotopic (exact) mass is 216 g/mol. The van der Waals surface area contributed by atoms with Crippen LogP contribution in [0.5, 0.6) is 0 Å². The summed E-state index contributed by atoms with van der Waals surface area (Å²) < 4.78 is 4.48. The van der Waals surface area contributed by atoms with Gasteiger partial charge in [0.25, 0.3) is 0 Å². The molecule has 0 amide bonds. The highest BCUT2D eigenvalue weighted by Crippen LogP contribution is 2.20. The molecule has 1 atom stereocenters. The lowest BCUT2D eigenvalue weighted by atomic mass is 9.95. The first-order valence-corrected chi connectivity index (χ1v) is 5.03. The predicted octanol–water partition coefficient (Wildman–Crippen LogP) is 1.84. The third-order valence-electron chi connectivity index (χ3n) is 2.21. The molecule has 0 saturated carbocycles. The number of alkyl halides is 1. The minimum Gasteiger partial charge on any atom is -0.468 e. The van der Waals surface area contributed by atoms with Crippen LogP contribution in [0, 0.1) is 0 Å². The molecular weight excluding hydrogens is 204 g/mol. The molecule has 0 aromatic heterocycles. The molecule has 0 bridgehead atoms. The van der Waals surface area contributed by atoms with Crippen LogP contribution in [0.3, 0.4) is 0 Å². The van der Waals surface area contributed by atoms with E-state index in [2.05, 4.69) is 4.74 Å². The Balaban J connectivity index is 2.54. The number of ether oxygens (including phenoxy) is 1. The maximum atomic E-state index is 11.4. The fourth-order valence-electron chi connectivity index (χ4n) is 1.41. The van der Waals surface area contributed by atoms with Crippen molar-refractivity contribution in [3.8, 4) is 0 Å². The van der Waals surface area contributed by atoms with Gasteiger partial charge in [-0.15, -0.1) is 11.6 Å². The van der Waals surface area contributed by atoms with Gasteiger partial charge in [-0.2, -0.15) is 0 Å². The van der Waals surface area contributed by atoms with E-state index >= 15 is 0 Å². The molecule has 1 rings (SSSR count). The van der Waals surface area contributed by atoms with Crippen LogP contribution in [0.1, 0.15) is 25.7 Å². The fourth-order valence-corrected chi connectivity index (χ4v) is 1.67. The van der Waals surface area contributed by atoms with Crippen LogP contribution >= 0.6 is 11.6 Å². The van der Waals surface area contributed by atoms with Gasteiger partial charge in [-0.3, -0.25) is 9.59 Å². The highest BCUT2D eigenvalue weighted by Gasteiger charge is 2.22. The number of allylic oxidation sites excluding steroid dienone is 2. The maximum absolute atomic E-state index is 11.4. The van der Waals surface area contributed by atoms with Gasteiger partial charge in [0.2, 0.25) is 0 Å². The second-order valence-corrected chi connectivity index (χ2v) is 3.77. The predicted molar refractivity (Wildman–Crippen MR) is 53.2 cm³/mol. The van der Waals surface area contributed by atoms with E-state index < -0.39 is 11.3 Å². The zero-order valence-electron chi connectivity index (χ0n) is 8.09. The Labute approximate surface area is 88.1 Å². The van der Waals surface area contributed by atoms with Gasteiger partial charge in [0, 0.05) is 12.8 Å². The Hall–Kier alpha value is -0.830. The summed E-state index contributed by atoms with van der Waals surface area (Å²) in [5.74, 6) is -0.378. The van der Waals surface area contributed by atoms with Crippen molar-refractivity contribution in [1.82, 2.24) is 0 Å². The summed E-state index contributed by atoms with van der Waals surface area (Å²) in [5, 5.41) is -0.742. The van der Waals surface area contributed by atoms with Gasteiger partial charge in [0.15, 0.2) is 5.78 Å². The molecule has 0 radical (unpaired) electrons. The van der Waals surface area contributed by atoms with E-state index in [0.29, 0.717) is 12.0 Å². The van der Waals surface area contributed by atoms with E-state index in [9.17, 15) is 9.59 Å². The van der Waals surface area contributed by atoms with Crippen LogP contribution in [-0.2, 0) is 14.3 Å². The molecule has 14 heavy (non-hydrogen) atoms. The van der Waals surface area contributed by atoms with E-state index in [1.807, 2.05) is 6.08 Å². The Morgan fingerprint density at radius 3 is 3.00 bits per heavy atom. The van der Waals surface area contributed by atoms with Gasteiger partial charge >= 0.3 is 5.97 Å². The van der Waals surface area contributed by atoms with Gasteiger partial charge < -0.3 is 4.74 Å². The average Bonchev–Trinajstić information content (AvgIpc) is 2.20. The van der Waals surface area contributed by atoms with E-state index in [-0.39, 0.29) is 12.2 Å². The lowest BCUT2D eigenvalue weighted by Gasteiger charge is -2.13. The van der Waals surface area contributed by atoms with Crippen LogP contribution in [0.4, 0.5) is 0 Å². The number of hydrogen-bond donors (Lipinski definition) is 0. The number of methoxy groups -OCH3 is 1. The van der Waals surface area contributed by atoms with Crippen LogP contribution in [-0.4, -0.2) is 24.2 Å². The average molecular weight is 217 g/mol. The Bertz CT molecular complexity index is 271. The van der Waals surface area contributed by atoms with Gasteiger partial charge in [0.1, 0.15) is 5.38 Å². The molecule has 0 unspecified atom stereocenters. The molecule has 4 heteroatoms. The number of ketones is 1. The number of hydrogen-bond acceptors (Lipinski definition) is 3. The molecule has 0 spiro atoms. The molecule has 0 N–H and O–H groups in total. The van der Waals surface area contributed by atoms with Crippen molar-refractivity contribution in [2.75, 3.05) is 7.11 Å². The van der Waals surface area contributed by atoms with Crippen LogP contribution in [0.15, 0.2) is 11.6 Å². The summed E-state index contributed by atoms with van der Waals surface area (Å²) in [5.41, 5.74) is 0.668. The summed E-state index contributed by atoms with van der Waals surface area (Å²) in [7, 11) is 1.29. The molecule has 0 aliphatic heterocycles. The van der Waals surface area contributed by atoms with Crippen molar-refractivity contribution in [3.63, 3.8) is 0 Å². The number of halogens is 1. The summed E-state index contributed by atoms with van der Waals surface area (Å²) in [6.45, 7) is 0. The van der Waals surface area contributed by atoms with Crippen molar-refractivity contribution in [3.05, 3.63) is 11.6 Å². The zero-order valence-corrected chi connectivity index (χ0v) is 8.84. The normalized spacial score (nSPS) is 18.7. The largest absolute Gasteiger partial charge is 0.468 e. The minimum absolute atomic E-state index is 0.103. The first-order valence-electron chi connectivity index (χ1n) is 4.59. The molecule has 1 aliphatic carbocycles. The van der Waals surface area contributed by atoms with Crippen LogP contribution in [0.25, 0.3) is 0 Å². The molecule has 0 aromatic carbocycles. The molecule has 3 nitrogen and oxygen atoms in total. The second-order valence-electron chi connectivity index (χ2n) is 3.24. The fraction of sp³-hybridized carbons (Fsp3) is 0.600. The summed E-state index contributed by atoms with van der Waals surface area (Å²) in [4.78, 5) is 22.4. The topological polar surface area (TPSA) is 43.4 Å². The molecule has 78 valence electrons. The third-order valence-corrected chi connectivity index (χ3v) is 2.55. The third kappa shape index (κ3) is 2.84. The van der Waals surface area contributed by atoms with E-state index in [0.717, 1.165) is 12.8 Å². The number of carbonyl (C=O) groups is 2. The Kier molecular flexibility index (Phi) is 4.14. The first-order chi connectivity index (χ1) is 6.65. The molecule has 0 fully saturated rings. The van der Waals surface area contributed by atoms with Crippen LogP contribution in [0.2, 0.25) is 0 Å². The maximum Gasteiger partial charge on any atom is 0.324 e. The summed E-state index contributed by atoms with van der Waals surface area (Å²) in [6, 6.07) is 0. The number of rotatable bonds is 3. The number of carbonyl (C=O) groups excluding carboxylic acids is 2. The molecular formula is C10H13ClO3. The lowest BCUT2D eigenvalue weighted by molar-refractivity contribution is -0.140. The van der Waals surface area contributed by atoms with Gasteiger partial charge in [-0.05, 0) is 18.4 Å². The lowest BCUT2D eigenvalue weighted by Crippen LogP contribution is -2.20. The van der Waals surface area contributed by atoms with Crippen LogP contribution < -0.4 is 0 Å². The standard InChI is InChI=1S/C10H13ClO3/c1-14-10(13)8(11)6-7-4-2-3-5-9(7)12/h4,8H,2-3,5-6H2,1H3/t8-/m1/s1. The summed E-state index contributed by atoms with van der Waals surface area (Å²) in [6.07, 6.45) is 4.51. The zero-order chi connectivity index (χ0) is 10.6. The Morgan fingerprint density at radius 1 is 1.71 bits per heavy atom. The van der Waals surface area contributed by atoms with Crippen molar-refractivity contribution < 1.29 is 14.3 Å². The molecule has 0 saturated heterocycles. The summed E-state index contributed by atoms with van der Waals surface area (Å²) >= 11 is 5.76. The minimum atomic E-state index is -0.742. The SMILES string of the molecule is COC(=O)[C@H](Cl)CC1=CCCCC1=O. The van der Waals surface area contributed by atoms with E-state index in [4.69, 9.17) is 11.6 Å².